The van der Waals surface area contributed by atoms with Gasteiger partial charge in [-0.15, -0.1) is 0 Å². The van der Waals surface area contributed by atoms with Gasteiger partial charge >= 0.3 is 12.1 Å². The number of esters is 1. The van der Waals surface area contributed by atoms with Crippen LogP contribution in [-0.2, 0) is 22.1 Å². The maximum Gasteiger partial charge on any atom is 0.416 e. The molecule has 150 valence electrons. The van der Waals surface area contributed by atoms with Crippen LogP contribution in [0.5, 0.6) is 0 Å². The van der Waals surface area contributed by atoms with Crippen molar-refractivity contribution in [2.24, 2.45) is 0 Å². The van der Waals surface area contributed by atoms with Crippen molar-refractivity contribution < 1.29 is 27.5 Å². The van der Waals surface area contributed by atoms with Crippen LogP contribution < -0.4 is 5.32 Å². The first-order valence-electron chi connectivity index (χ1n) is 8.89. The van der Waals surface area contributed by atoms with E-state index in [4.69, 9.17) is 4.74 Å². The molecule has 0 spiro atoms. The standard InChI is InChI=1S/C21H22F3NO3/c1-14(11-12-16-7-4-3-5-8-16)25-19(26)15(2)28-20(27)17-9-6-10-18(13-17)21(22,23)24/h3-10,13-15H,11-12H2,1-2H3,(H,25,26)/t14-,15-/m1/s1. The van der Waals surface area contributed by atoms with E-state index in [1.165, 1.54) is 13.0 Å². The molecule has 0 aliphatic carbocycles. The number of benzene rings is 2. The molecule has 0 aliphatic heterocycles. The van der Waals surface area contributed by atoms with Crippen molar-refractivity contribution in [1.29, 1.82) is 0 Å². The predicted octanol–water partition coefficient (Wildman–Crippen LogP) is 4.39. The molecular weight excluding hydrogens is 371 g/mol. The Balaban J connectivity index is 1.86. The number of amides is 1. The number of hydrogen-bond acceptors (Lipinski definition) is 3. The van der Waals surface area contributed by atoms with E-state index >= 15 is 0 Å². The Hall–Kier alpha value is -2.83. The zero-order valence-corrected chi connectivity index (χ0v) is 15.6. The molecule has 0 heterocycles. The average molecular weight is 393 g/mol. The molecule has 4 nitrogen and oxygen atoms in total. The highest BCUT2D eigenvalue weighted by Gasteiger charge is 2.31. The van der Waals surface area contributed by atoms with Crippen LogP contribution in [0.3, 0.4) is 0 Å². The summed E-state index contributed by atoms with van der Waals surface area (Å²) in [7, 11) is 0. The van der Waals surface area contributed by atoms with Crippen molar-refractivity contribution in [3.63, 3.8) is 0 Å². The van der Waals surface area contributed by atoms with Crippen LogP contribution in [0, 0.1) is 0 Å². The Morgan fingerprint density at radius 2 is 1.71 bits per heavy atom. The predicted molar refractivity (Wildman–Crippen MR) is 98.7 cm³/mol. The lowest BCUT2D eigenvalue weighted by Gasteiger charge is -2.18. The number of rotatable bonds is 7. The number of carbonyl (C=O) groups is 2. The van der Waals surface area contributed by atoms with Crippen LogP contribution in [0.2, 0.25) is 0 Å². The lowest BCUT2D eigenvalue weighted by atomic mass is 10.1. The summed E-state index contributed by atoms with van der Waals surface area (Å²) in [4.78, 5) is 24.3. The Morgan fingerprint density at radius 1 is 1.04 bits per heavy atom. The van der Waals surface area contributed by atoms with Crippen LogP contribution in [-0.4, -0.2) is 24.0 Å². The molecule has 0 aromatic heterocycles. The van der Waals surface area contributed by atoms with Crippen molar-refractivity contribution in [3.8, 4) is 0 Å². The molecule has 28 heavy (non-hydrogen) atoms. The summed E-state index contributed by atoms with van der Waals surface area (Å²) in [5.41, 5.74) is -0.0622. The first-order valence-corrected chi connectivity index (χ1v) is 8.89. The van der Waals surface area contributed by atoms with Gasteiger partial charge in [0.2, 0.25) is 0 Å². The van der Waals surface area contributed by atoms with Crippen molar-refractivity contribution in [2.45, 2.75) is 45.0 Å². The van der Waals surface area contributed by atoms with Crippen molar-refractivity contribution in [1.82, 2.24) is 5.32 Å². The molecule has 0 bridgehead atoms. The van der Waals surface area contributed by atoms with Gasteiger partial charge < -0.3 is 10.1 Å². The maximum atomic E-state index is 12.7. The second-order valence-corrected chi connectivity index (χ2v) is 6.56. The van der Waals surface area contributed by atoms with Crippen LogP contribution in [0.25, 0.3) is 0 Å². The first-order chi connectivity index (χ1) is 13.2. The molecule has 0 aliphatic rings. The van der Waals surface area contributed by atoms with Crippen LogP contribution in [0.15, 0.2) is 54.6 Å². The molecule has 0 radical (unpaired) electrons. The highest BCUT2D eigenvalue weighted by atomic mass is 19.4. The zero-order chi connectivity index (χ0) is 20.7. The summed E-state index contributed by atoms with van der Waals surface area (Å²) >= 11 is 0. The topological polar surface area (TPSA) is 55.4 Å². The molecule has 1 N–H and O–H groups in total. The Morgan fingerprint density at radius 3 is 2.36 bits per heavy atom. The highest BCUT2D eigenvalue weighted by Crippen LogP contribution is 2.29. The number of nitrogens with one attached hydrogen (secondary N) is 1. The monoisotopic (exact) mass is 393 g/mol. The lowest BCUT2D eigenvalue weighted by Crippen LogP contribution is -2.41. The minimum Gasteiger partial charge on any atom is -0.449 e. The van der Waals surface area contributed by atoms with Crippen molar-refractivity contribution >= 4 is 11.9 Å². The van der Waals surface area contributed by atoms with E-state index in [0.29, 0.717) is 12.5 Å². The van der Waals surface area contributed by atoms with E-state index in [2.05, 4.69) is 5.32 Å². The van der Waals surface area contributed by atoms with Crippen LogP contribution in [0.1, 0.15) is 41.8 Å². The second-order valence-electron chi connectivity index (χ2n) is 6.56. The molecule has 0 saturated heterocycles. The molecule has 0 fully saturated rings. The molecule has 2 aromatic carbocycles. The van der Waals surface area contributed by atoms with Gasteiger partial charge in [-0.05, 0) is 50.5 Å². The first kappa shape index (κ1) is 21.5. The molecule has 2 rings (SSSR count). The van der Waals surface area contributed by atoms with E-state index < -0.39 is 29.7 Å². The van der Waals surface area contributed by atoms with Crippen LogP contribution in [0.4, 0.5) is 13.2 Å². The minimum absolute atomic E-state index is 0.151. The van der Waals surface area contributed by atoms with Crippen LogP contribution >= 0.6 is 0 Å². The minimum atomic E-state index is -4.56. The van der Waals surface area contributed by atoms with Gasteiger partial charge in [0.25, 0.3) is 5.91 Å². The summed E-state index contributed by atoms with van der Waals surface area (Å²) in [6.07, 6.45) is -4.21. The Bertz CT molecular complexity index is 806. The van der Waals surface area contributed by atoms with Gasteiger partial charge in [0, 0.05) is 6.04 Å². The van der Waals surface area contributed by atoms with Gasteiger partial charge in [0.15, 0.2) is 6.10 Å². The fourth-order valence-corrected chi connectivity index (χ4v) is 2.56. The van der Waals surface area contributed by atoms with Gasteiger partial charge in [-0.1, -0.05) is 36.4 Å². The average Bonchev–Trinajstić information content (AvgIpc) is 2.66. The zero-order valence-electron chi connectivity index (χ0n) is 15.6. The van der Waals surface area contributed by atoms with E-state index in [0.717, 1.165) is 24.1 Å². The third-order valence-electron chi connectivity index (χ3n) is 4.18. The Kier molecular flexibility index (Phi) is 7.20. The molecule has 2 aromatic rings. The molecule has 7 heteroatoms. The number of halogens is 3. The van der Waals surface area contributed by atoms with E-state index in [-0.39, 0.29) is 11.6 Å². The summed E-state index contributed by atoms with van der Waals surface area (Å²) < 4.78 is 43.2. The smallest absolute Gasteiger partial charge is 0.416 e. The maximum absolute atomic E-state index is 12.7. The summed E-state index contributed by atoms with van der Waals surface area (Å²) in [6.45, 7) is 3.22. The normalized spacial score (nSPS) is 13.5. The summed E-state index contributed by atoms with van der Waals surface area (Å²) in [5.74, 6) is -1.48. The highest BCUT2D eigenvalue weighted by molar-refractivity contribution is 5.92. The van der Waals surface area contributed by atoms with E-state index in [1.54, 1.807) is 0 Å². The fourth-order valence-electron chi connectivity index (χ4n) is 2.56. The molecule has 1 amide bonds. The number of aryl methyl sites for hydroxylation is 1. The second kappa shape index (κ2) is 9.39. The fraction of sp³-hybridized carbons (Fsp3) is 0.333. The third-order valence-corrected chi connectivity index (χ3v) is 4.18. The lowest BCUT2D eigenvalue weighted by molar-refractivity contribution is -0.137. The number of alkyl halides is 3. The molecular formula is C21H22F3NO3. The number of ether oxygens (including phenoxy) is 1. The number of hydrogen-bond donors (Lipinski definition) is 1. The van der Waals surface area contributed by atoms with Gasteiger partial charge in [-0.3, -0.25) is 4.79 Å². The van der Waals surface area contributed by atoms with Crippen molar-refractivity contribution in [2.75, 3.05) is 0 Å². The van der Waals surface area contributed by atoms with E-state index in [9.17, 15) is 22.8 Å². The third kappa shape index (κ3) is 6.40. The molecule has 0 saturated carbocycles. The summed E-state index contributed by atoms with van der Waals surface area (Å²) in [6, 6.07) is 13.5. The molecule has 0 unspecified atom stereocenters. The van der Waals surface area contributed by atoms with E-state index in [1.807, 2.05) is 37.3 Å². The number of carbonyl (C=O) groups excluding carboxylic acids is 2. The van der Waals surface area contributed by atoms with Gasteiger partial charge in [0.05, 0.1) is 11.1 Å². The SMILES string of the molecule is C[C@H](CCc1ccccc1)NC(=O)[C@@H](C)OC(=O)c1cccc(C(F)(F)F)c1. The van der Waals surface area contributed by atoms with Gasteiger partial charge in [0.1, 0.15) is 0 Å². The van der Waals surface area contributed by atoms with Crippen molar-refractivity contribution in [3.05, 3.63) is 71.3 Å². The Labute approximate surface area is 161 Å². The molecule has 2 atom stereocenters. The summed E-state index contributed by atoms with van der Waals surface area (Å²) in [5, 5.41) is 2.75. The largest absolute Gasteiger partial charge is 0.449 e. The van der Waals surface area contributed by atoms with Gasteiger partial charge in [-0.2, -0.15) is 13.2 Å². The van der Waals surface area contributed by atoms with Gasteiger partial charge in [-0.25, -0.2) is 4.79 Å². The quantitative estimate of drug-likeness (QED) is 0.710.